The third-order valence-electron chi connectivity index (χ3n) is 9.27. The maximum absolute atomic E-state index is 13.8. The first-order valence-electron chi connectivity index (χ1n) is 17.5. The zero-order valence-electron chi connectivity index (χ0n) is 30.4. The Labute approximate surface area is 301 Å². The van der Waals surface area contributed by atoms with Crippen LogP contribution in [0.1, 0.15) is 58.1 Å². The Balaban J connectivity index is 1.94. The second-order valence-electron chi connectivity index (χ2n) is 12.9. The van der Waals surface area contributed by atoms with Gasteiger partial charge in [0.2, 0.25) is 11.8 Å². The van der Waals surface area contributed by atoms with E-state index in [1.807, 2.05) is 100 Å². The van der Waals surface area contributed by atoms with Crippen LogP contribution in [-0.2, 0) is 31.9 Å². The summed E-state index contributed by atoms with van der Waals surface area (Å²) < 4.78 is 9.56. The summed E-state index contributed by atoms with van der Waals surface area (Å²) in [4.78, 5) is 56.3. The summed E-state index contributed by atoms with van der Waals surface area (Å²) in [7, 11) is 2.47. The van der Waals surface area contributed by atoms with Crippen molar-refractivity contribution in [3.8, 4) is 11.3 Å². The van der Waals surface area contributed by atoms with Crippen LogP contribution in [0.15, 0.2) is 79.0 Å². The number of methoxy groups -OCH3 is 2. The van der Waals surface area contributed by atoms with Crippen LogP contribution < -0.4 is 21.3 Å². The van der Waals surface area contributed by atoms with E-state index in [0.29, 0.717) is 19.3 Å². The van der Waals surface area contributed by atoms with Gasteiger partial charge in [0.25, 0.3) is 0 Å². The average molecular weight is 704 g/mol. The molecule has 12 heteroatoms. The summed E-state index contributed by atoms with van der Waals surface area (Å²) in [6.45, 7) is 7.55. The van der Waals surface area contributed by atoms with E-state index in [4.69, 9.17) is 9.47 Å². The van der Waals surface area contributed by atoms with E-state index in [2.05, 4.69) is 26.3 Å². The Hall–Kier alpha value is -4.97. The van der Waals surface area contributed by atoms with Crippen molar-refractivity contribution in [3.05, 3.63) is 90.1 Å². The van der Waals surface area contributed by atoms with Gasteiger partial charge in [0.05, 0.1) is 32.1 Å². The Morgan fingerprint density at radius 3 is 1.73 bits per heavy atom. The zero-order chi connectivity index (χ0) is 37.3. The monoisotopic (exact) mass is 703 g/mol. The standard InChI is InChI=1S/C39H53N5O7/c1-7-25(3)34(43-38(48)50-5)36(46)41-30(22-28-17-19-29(20-18-28)31-16-12-13-21-40-31)24-33(45)32(23-27-14-10-9-11-15-27)42-37(47)35(26(4)8-2)44-39(49)51-6/h9-21,25-26,30,32-35,45H,7-8,22-24H2,1-6H3,(H,41,46)(H,42,47)(H,43,48)(H,44,49). The molecule has 0 spiro atoms. The highest BCUT2D eigenvalue weighted by Crippen LogP contribution is 2.20. The second-order valence-corrected chi connectivity index (χ2v) is 12.9. The van der Waals surface area contributed by atoms with Crippen LogP contribution in [0.5, 0.6) is 0 Å². The van der Waals surface area contributed by atoms with E-state index in [9.17, 15) is 24.3 Å². The average Bonchev–Trinajstić information content (AvgIpc) is 3.15. The molecule has 0 saturated carbocycles. The minimum atomic E-state index is -1.13. The summed E-state index contributed by atoms with van der Waals surface area (Å²) in [6, 6.07) is 19.8. The number of pyridine rings is 1. The lowest BCUT2D eigenvalue weighted by Gasteiger charge is -2.32. The van der Waals surface area contributed by atoms with Crippen molar-refractivity contribution in [2.75, 3.05) is 14.2 Å². The van der Waals surface area contributed by atoms with Crippen LogP contribution in [0.2, 0.25) is 0 Å². The number of alkyl carbamates (subject to hydrolysis) is 2. The fourth-order valence-electron chi connectivity index (χ4n) is 5.77. The largest absolute Gasteiger partial charge is 0.453 e. The fraction of sp³-hybridized carbons (Fsp3) is 0.462. The molecule has 1 heterocycles. The predicted molar refractivity (Wildman–Crippen MR) is 196 cm³/mol. The number of aliphatic hydroxyl groups is 1. The van der Waals surface area contributed by atoms with Gasteiger partial charge in [-0.3, -0.25) is 14.6 Å². The van der Waals surface area contributed by atoms with Crippen LogP contribution in [-0.4, -0.2) is 78.6 Å². The van der Waals surface area contributed by atoms with Crippen LogP contribution >= 0.6 is 0 Å². The molecule has 276 valence electrons. The smallest absolute Gasteiger partial charge is 0.407 e. The summed E-state index contributed by atoms with van der Waals surface area (Å²) in [5, 5.41) is 23.2. The Morgan fingerprint density at radius 2 is 1.22 bits per heavy atom. The number of aliphatic hydroxyl groups excluding tert-OH is 1. The highest BCUT2D eigenvalue weighted by molar-refractivity contribution is 5.87. The number of ether oxygens (including phenoxy) is 2. The first kappa shape index (κ1) is 40.5. The predicted octanol–water partition coefficient (Wildman–Crippen LogP) is 4.80. The van der Waals surface area contributed by atoms with Gasteiger partial charge in [0, 0.05) is 17.8 Å². The van der Waals surface area contributed by atoms with Crippen molar-refractivity contribution in [1.29, 1.82) is 0 Å². The molecule has 51 heavy (non-hydrogen) atoms. The highest BCUT2D eigenvalue weighted by Gasteiger charge is 2.33. The molecule has 12 nitrogen and oxygen atoms in total. The van der Waals surface area contributed by atoms with Crippen molar-refractivity contribution < 1.29 is 33.8 Å². The summed E-state index contributed by atoms with van der Waals surface area (Å²) in [6.07, 6.45) is 1.08. The number of rotatable bonds is 18. The van der Waals surface area contributed by atoms with Crippen LogP contribution in [0.25, 0.3) is 11.3 Å². The topological polar surface area (TPSA) is 168 Å². The molecule has 5 N–H and O–H groups in total. The first-order valence-corrected chi connectivity index (χ1v) is 17.5. The molecule has 0 aliphatic rings. The molecule has 4 amide bonds. The third-order valence-corrected chi connectivity index (χ3v) is 9.27. The molecule has 7 unspecified atom stereocenters. The van der Waals surface area contributed by atoms with Crippen LogP contribution in [0, 0.1) is 11.8 Å². The number of nitrogens with zero attached hydrogens (tertiary/aromatic N) is 1. The molecule has 0 fully saturated rings. The number of amides is 4. The number of benzene rings is 2. The zero-order valence-corrected chi connectivity index (χ0v) is 30.4. The molecule has 0 aliphatic heterocycles. The van der Waals surface area contributed by atoms with Gasteiger partial charge in [-0.15, -0.1) is 0 Å². The van der Waals surface area contributed by atoms with Crippen molar-refractivity contribution in [2.45, 2.75) is 90.1 Å². The first-order chi connectivity index (χ1) is 24.5. The highest BCUT2D eigenvalue weighted by atomic mass is 16.5. The van der Waals surface area contributed by atoms with Gasteiger partial charge in [0.15, 0.2) is 0 Å². The quantitative estimate of drug-likeness (QED) is 0.126. The van der Waals surface area contributed by atoms with E-state index in [1.165, 1.54) is 14.2 Å². The summed E-state index contributed by atoms with van der Waals surface area (Å²) in [5.41, 5.74) is 3.54. The Kier molecular flexibility index (Phi) is 16.4. The Bertz CT molecular complexity index is 1520. The molecular formula is C39H53N5O7. The number of hydrogen-bond donors (Lipinski definition) is 5. The van der Waals surface area contributed by atoms with Gasteiger partial charge < -0.3 is 35.8 Å². The maximum Gasteiger partial charge on any atom is 0.407 e. The lowest BCUT2D eigenvalue weighted by Crippen LogP contribution is -2.57. The molecule has 7 atom stereocenters. The van der Waals surface area contributed by atoms with Gasteiger partial charge in [-0.1, -0.05) is 101 Å². The van der Waals surface area contributed by atoms with Gasteiger partial charge in [-0.25, -0.2) is 9.59 Å². The van der Waals surface area contributed by atoms with Crippen molar-refractivity contribution in [2.24, 2.45) is 11.8 Å². The van der Waals surface area contributed by atoms with Crippen molar-refractivity contribution in [3.63, 3.8) is 0 Å². The van der Waals surface area contributed by atoms with Crippen molar-refractivity contribution >= 4 is 24.0 Å². The van der Waals surface area contributed by atoms with Crippen molar-refractivity contribution in [1.82, 2.24) is 26.3 Å². The minimum Gasteiger partial charge on any atom is -0.453 e. The van der Waals surface area contributed by atoms with Crippen LogP contribution in [0.4, 0.5) is 9.59 Å². The van der Waals surface area contributed by atoms with E-state index >= 15 is 0 Å². The van der Waals surface area contributed by atoms with E-state index < -0.39 is 54.3 Å². The van der Waals surface area contributed by atoms with Gasteiger partial charge in [-0.05, 0) is 54.4 Å². The SMILES string of the molecule is CCC(C)C(NC(=O)OC)C(=O)NC(Cc1ccc(-c2ccccn2)cc1)CC(O)C(Cc1ccccc1)NC(=O)C(NC(=O)OC)C(C)CC. The normalized spacial score (nSPS) is 15.1. The van der Waals surface area contributed by atoms with Crippen LogP contribution in [0.3, 0.4) is 0 Å². The lowest BCUT2D eigenvalue weighted by atomic mass is 9.91. The summed E-state index contributed by atoms with van der Waals surface area (Å²) >= 11 is 0. The van der Waals surface area contributed by atoms with Gasteiger partial charge >= 0.3 is 12.2 Å². The minimum absolute atomic E-state index is 0.0649. The molecule has 0 radical (unpaired) electrons. The van der Waals surface area contributed by atoms with Gasteiger partial charge in [0.1, 0.15) is 12.1 Å². The number of carbonyl (C=O) groups is 4. The molecular weight excluding hydrogens is 650 g/mol. The summed E-state index contributed by atoms with van der Waals surface area (Å²) in [5.74, 6) is -1.31. The molecule has 1 aromatic heterocycles. The molecule has 0 bridgehead atoms. The van der Waals surface area contributed by atoms with E-state index in [0.717, 1.165) is 22.4 Å². The number of hydrogen-bond acceptors (Lipinski definition) is 8. The van der Waals surface area contributed by atoms with E-state index in [1.54, 1.807) is 6.20 Å². The lowest BCUT2D eigenvalue weighted by molar-refractivity contribution is -0.127. The maximum atomic E-state index is 13.8. The third kappa shape index (κ3) is 12.7. The molecule has 3 aromatic rings. The van der Waals surface area contributed by atoms with E-state index in [-0.39, 0.29) is 24.7 Å². The number of carbonyl (C=O) groups excluding carboxylic acids is 4. The molecule has 3 rings (SSSR count). The van der Waals surface area contributed by atoms with Gasteiger partial charge in [-0.2, -0.15) is 0 Å². The number of aromatic nitrogens is 1. The Morgan fingerprint density at radius 1 is 0.686 bits per heavy atom. The molecule has 0 aliphatic carbocycles. The second kappa shape index (κ2) is 20.6. The fourth-order valence-corrected chi connectivity index (χ4v) is 5.77. The number of nitrogens with one attached hydrogen (secondary N) is 4. The molecule has 0 saturated heterocycles. The molecule has 2 aromatic carbocycles.